The third-order valence-corrected chi connectivity index (χ3v) is 6.04. The van der Waals surface area contributed by atoms with E-state index in [-0.39, 0.29) is 24.0 Å². The Kier molecular flexibility index (Phi) is 8.21. The summed E-state index contributed by atoms with van der Waals surface area (Å²) in [5.41, 5.74) is 1.06. The molecule has 1 saturated carbocycles. The van der Waals surface area contributed by atoms with E-state index in [1.165, 1.54) is 38.6 Å². The van der Waals surface area contributed by atoms with E-state index >= 15 is 0 Å². The summed E-state index contributed by atoms with van der Waals surface area (Å²) in [6, 6.07) is 1.33. The number of guanidine groups is 1. The molecule has 0 radical (unpaired) electrons. The van der Waals surface area contributed by atoms with E-state index in [1.807, 2.05) is 26.0 Å². The summed E-state index contributed by atoms with van der Waals surface area (Å²) >= 11 is 1.67. The molecule has 2 heterocycles. The first-order valence-electron chi connectivity index (χ1n) is 8.98. The van der Waals surface area contributed by atoms with Gasteiger partial charge in [-0.05, 0) is 19.3 Å². The Balaban J connectivity index is 0.00000225. The smallest absolute Gasteiger partial charge is 0.191 e. The Bertz CT molecular complexity index is 555. The van der Waals surface area contributed by atoms with Crippen molar-refractivity contribution in [2.45, 2.75) is 50.7 Å². The molecule has 6 nitrogen and oxygen atoms in total. The number of thiazole rings is 1. The highest BCUT2D eigenvalue weighted by Crippen LogP contribution is 2.26. The van der Waals surface area contributed by atoms with Gasteiger partial charge in [0, 0.05) is 51.7 Å². The molecule has 1 aromatic rings. The summed E-state index contributed by atoms with van der Waals surface area (Å²) in [7, 11) is 5.88. The van der Waals surface area contributed by atoms with Crippen molar-refractivity contribution in [1.82, 2.24) is 20.5 Å². The van der Waals surface area contributed by atoms with Gasteiger partial charge in [0.2, 0.25) is 0 Å². The van der Waals surface area contributed by atoms with Gasteiger partial charge in [0.15, 0.2) is 11.1 Å². The van der Waals surface area contributed by atoms with E-state index in [4.69, 9.17) is 0 Å². The lowest BCUT2D eigenvalue weighted by Gasteiger charge is -2.24. The van der Waals surface area contributed by atoms with Crippen LogP contribution >= 0.6 is 35.3 Å². The van der Waals surface area contributed by atoms with Crippen LogP contribution in [0.5, 0.6) is 0 Å². The molecule has 2 fully saturated rings. The largest absolute Gasteiger partial charge is 0.354 e. The zero-order valence-corrected chi connectivity index (χ0v) is 18.6. The summed E-state index contributed by atoms with van der Waals surface area (Å²) in [4.78, 5) is 13.7. The Morgan fingerprint density at radius 3 is 2.76 bits per heavy atom. The molecule has 1 aromatic heterocycles. The Hall–Kier alpha value is -0.610. The summed E-state index contributed by atoms with van der Waals surface area (Å²) in [5.74, 6) is 0.882. The maximum Gasteiger partial charge on any atom is 0.191 e. The summed E-state index contributed by atoms with van der Waals surface area (Å²) < 4.78 is 0. The van der Waals surface area contributed by atoms with Crippen molar-refractivity contribution < 1.29 is 0 Å². The number of aromatic nitrogens is 1. The minimum absolute atomic E-state index is 0. The molecule has 2 N–H and O–H groups in total. The minimum atomic E-state index is 0. The van der Waals surface area contributed by atoms with Crippen LogP contribution in [0, 0.1) is 0 Å². The Morgan fingerprint density at radius 2 is 2.12 bits per heavy atom. The highest BCUT2D eigenvalue weighted by molar-refractivity contribution is 14.0. The van der Waals surface area contributed by atoms with Crippen LogP contribution in [-0.2, 0) is 6.54 Å². The van der Waals surface area contributed by atoms with Gasteiger partial charge in [0.25, 0.3) is 0 Å². The van der Waals surface area contributed by atoms with E-state index < -0.39 is 0 Å². The van der Waals surface area contributed by atoms with Crippen LogP contribution in [0.25, 0.3) is 0 Å². The van der Waals surface area contributed by atoms with Gasteiger partial charge in [0.05, 0.1) is 12.2 Å². The van der Waals surface area contributed by atoms with E-state index in [1.54, 1.807) is 11.3 Å². The molecule has 25 heavy (non-hydrogen) atoms. The van der Waals surface area contributed by atoms with Gasteiger partial charge in [-0.3, -0.25) is 9.89 Å². The SMILES string of the molecule is CN=C(NCc1csc(N(C)C)n1)NC1CCN(C2CCCC2)C1.I. The van der Waals surface area contributed by atoms with Crippen LogP contribution in [0.2, 0.25) is 0 Å². The summed E-state index contributed by atoms with van der Waals surface area (Å²) in [6.45, 7) is 3.08. The standard InChI is InChI=1S/C17H30N6S.HI/c1-18-16(19-10-14-12-24-17(21-14)22(2)3)20-13-8-9-23(11-13)15-6-4-5-7-15;/h12-13,15H,4-11H2,1-3H3,(H2,18,19,20);1H. The number of hydrogen-bond acceptors (Lipinski definition) is 5. The molecule has 8 heteroatoms. The van der Waals surface area contributed by atoms with Crippen molar-refractivity contribution in [3.8, 4) is 0 Å². The van der Waals surface area contributed by atoms with Gasteiger partial charge in [-0.25, -0.2) is 4.98 Å². The zero-order chi connectivity index (χ0) is 16.9. The second-order valence-corrected chi connectivity index (χ2v) is 7.84. The molecule has 0 spiro atoms. The lowest BCUT2D eigenvalue weighted by atomic mass is 10.2. The molecule has 142 valence electrons. The third-order valence-electron chi connectivity index (χ3n) is 4.98. The maximum atomic E-state index is 4.60. The highest BCUT2D eigenvalue weighted by atomic mass is 127. The van der Waals surface area contributed by atoms with Gasteiger partial charge in [-0.2, -0.15) is 0 Å². The summed E-state index contributed by atoms with van der Waals surface area (Å²) in [5, 5.41) is 10.1. The van der Waals surface area contributed by atoms with Crippen molar-refractivity contribution in [3.63, 3.8) is 0 Å². The fraction of sp³-hybridized carbons (Fsp3) is 0.765. The number of nitrogens with one attached hydrogen (secondary N) is 2. The molecule has 1 aliphatic carbocycles. The van der Waals surface area contributed by atoms with E-state index in [0.717, 1.165) is 29.4 Å². The number of likely N-dealkylation sites (tertiary alicyclic amines) is 1. The average Bonchev–Trinajstić information content (AvgIpc) is 3.31. The van der Waals surface area contributed by atoms with Gasteiger partial charge >= 0.3 is 0 Å². The minimum Gasteiger partial charge on any atom is -0.354 e. The third kappa shape index (κ3) is 5.68. The predicted octanol–water partition coefficient (Wildman–Crippen LogP) is 2.51. The molecule has 1 atom stereocenters. The number of halogens is 1. The molecule has 0 bridgehead atoms. The van der Waals surface area contributed by atoms with Crippen LogP contribution in [0.1, 0.15) is 37.8 Å². The first-order chi connectivity index (χ1) is 11.7. The van der Waals surface area contributed by atoms with Crippen LogP contribution in [0.3, 0.4) is 0 Å². The number of aliphatic imine (C=N–C) groups is 1. The molecule has 0 amide bonds. The molecule has 3 rings (SSSR count). The quantitative estimate of drug-likeness (QED) is 0.387. The first-order valence-corrected chi connectivity index (χ1v) is 9.86. The zero-order valence-electron chi connectivity index (χ0n) is 15.5. The van der Waals surface area contributed by atoms with Crippen molar-refractivity contribution >= 4 is 46.4 Å². The van der Waals surface area contributed by atoms with Gasteiger partial charge in [0.1, 0.15) is 0 Å². The number of hydrogen-bond donors (Lipinski definition) is 2. The van der Waals surface area contributed by atoms with E-state index in [2.05, 4.69) is 30.9 Å². The fourth-order valence-electron chi connectivity index (χ4n) is 3.65. The van der Waals surface area contributed by atoms with Crippen LogP contribution in [0.15, 0.2) is 10.4 Å². The van der Waals surface area contributed by atoms with Crippen LogP contribution in [-0.4, -0.2) is 62.2 Å². The monoisotopic (exact) mass is 478 g/mol. The van der Waals surface area contributed by atoms with E-state index in [0.29, 0.717) is 12.6 Å². The van der Waals surface area contributed by atoms with Crippen molar-refractivity contribution in [3.05, 3.63) is 11.1 Å². The van der Waals surface area contributed by atoms with Crippen molar-refractivity contribution in [2.75, 3.05) is 39.1 Å². The molecular formula is C17H31IN6S. The lowest BCUT2D eigenvalue weighted by molar-refractivity contribution is 0.242. The predicted molar refractivity (Wildman–Crippen MR) is 117 cm³/mol. The number of nitrogens with zero attached hydrogens (tertiary/aromatic N) is 4. The van der Waals surface area contributed by atoms with Gasteiger partial charge < -0.3 is 15.5 Å². The highest BCUT2D eigenvalue weighted by Gasteiger charge is 2.30. The molecule has 1 aliphatic heterocycles. The second kappa shape index (κ2) is 9.91. The number of anilines is 1. The average molecular weight is 478 g/mol. The molecule has 1 unspecified atom stereocenters. The molecular weight excluding hydrogens is 447 g/mol. The van der Waals surface area contributed by atoms with Gasteiger partial charge in [-0.15, -0.1) is 35.3 Å². The van der Waals surface area contributed by atoms with Crippen molar-refractivity contribution in [1.29, 1.82) is 0 Å². The maximum absolute atomic E-state index is 4.60. The topological polar surface area (TPSA) is 55.8 Å². The molecule has 1 saturated heterocycles. The first kappa shape index (κ1) is 20.7. The van der Waals surface area contributed by atoms with Crippen LogP contribution in [0.4, 0.5) is 5.13 Å². The van der Waals surface area contributed by atoms with Crippen LogP contribution < -0.4 is 15.5 Å². The Labute approximate surface area is 172 Å². The normalized spacial score (nSPS) is 22.0. The second-order valence-electron chi connectivity index (χ2n) is 7.00. The van der Waals surface area contributed by atoms with E-state index in [9.17, 15) is 0 Å². The Morgan fingerprint density at radius 1 is 1.36 bits per heavy atom. The lowest BCUT2D eigenvalue weighted by Crippen LogP contribution is -2.45. The van der Waals surface area contributed by atoms with Crippen molar-refractivity contribution in [2.24, 2.45) is 4.99 Å². The number of rotatable bonds is 5. The summed E-state index contributed by atoms with van der Waals surface area (Å²) in [6.07, 6.45) is 6.80. The molecule has 0 aromatic carbocycles. The molecule has 2 aliphatic rings. The van der Waals surface area contributed by atoms with Gasteiger partial charge in [-0.1, -0.05) is 12.8 Å². The fourth-order valence-corrected chi connectivity index (χ4v) is 4.41.